The first kappa shape index (κ1) is 28.7. The number of halogens is 1. The van der Waals surface area contributed by atoms with Crippen LogP contribution >= 0.6 is 0 Å². The maximum atomic E-state index is 15.0. The quantitative estimate of drug-likeness (QED) is 0.394. The second-order valence-corrected chi connectivity index (χ2v) is 11.8. The molecule has 4 N–H and O–H groups in total. The molecule has 36 heavy (non-hydrogen) atoms. The number of carboxylic acid groups (broad SMARTS) is 1. The molecule has 2 rings (SSSR count). The van der Waals surface area contributed by atoms with Crippen LogP contribution in [0.4, 0.5) is 14.9 Å². The smallest absolute Gasteiger partial charge is 0.337 e. The van der Waals surface area contributed by atoms with Crippen LogP contribution in [0, 0.1) is 17.1 Å². The van der Waals surface area contributed by atoms with Gasteiger partial charge in [0.15, 0.2) is 0 Å². The fourth-order valence-corrected chi connectivity index (χ4v) is 5.28. The normalized spacial score (nSPS) is 11.9. The third-order valence-electron chi connectivity index (χ3n) is 5.17. The lowest BCUT2D eigenvalue weighted by Gasteiger charge is -2.22. The number of nitriles is 1. The zero-order valence-corrected chi connectivity index (χ0v) is 21.6. The maximum absolute atomic E-state index is 15.0. The van der Waals surface area contributed by atoms with E-state index in [0.29, 0.717) is 11.6 Å². The molecule has 14 heteroatoms. The number of carbonyl (C=O) groups excluding carboxylic acids is 1. The van der Waals surface area contributed by atoms with Gasteiger partial charge in [-0.15, -0.1) is 0 Å². The van der Waals surface area contributed by atoms with Gasteiger partial charge in [0, 0.05) is 5.56 Å². The van der Waals surface area contributed by atoms with Gasteiger partial charge in [-0.05, 0) is 48.7 Å². The fourth-order valence-electron chi connectivity index (χ4n) is 3.43. The first-order valence-electron chi connectivity index (χ1n) is 10.5. The molecule has 0 spiro atoms. The summed E-state index contributed by atoms with van der Waals surface area (Å²) in [5.41, 5.74) is -0.751. The van der Waals surface area contributed by atoms with Crippen molar-refractivity contribution < 1.29 is 35.9 Å². The van der Waals surface area contributed by atoms with Gasteiger partial charge in [-0.25, -0.2) is 40.3 Å². The molecule has 0 saturated heterocycles. The van der Waals surface area contributed by atoms with Gasteiger partial charge in [-0.1, -0.05) is 27.7 Å². The summed E-state index contributed by atoms with van der Waals surface area (Å²) in [6, 6.07) is 3.96. The van der Waals surface area contributed by atoms with E-state index in [4.69, 9.17) is 0 Å². The van der Waals surface area contributed by atoms with Crippen LogP contribution in [-0.4, -0.2) is 41.0 Å². The van der Waals surface area contributed by atoms with Crippen LogP contribution in [0.2, 0.25) is 0 Å². The number of nitrogens with zero attached hydrogens (tertiary/aromatic N) is 1. The van der Waals surface area contributed by atoms with Crippen molar-refractivity contribution in [3.05, 3.63) is 52.3 Å². The number of anilines is 1. The number of urea groups is 1. The Bertz CT molecular complexity index is 1480. The van der Waals surface area contributed by atoms with E-state index < -0.39 is 59.1 Å². The van der Waals surface area contributed by atoms with Gasteiger partial charge in [-0.2, -0.15) is 5.26 Å². The van der Waals surface area contributed by atoms with E-state index in [-0.39, 0.29) is 22.7 Å². The van der Waals surface area contributed by atoms with Gasteiger partial charge in [-0.3, -0.25) is 0 Å². The molecular formula is C22H25FN4O7S2. The van der Waals surface area contributed by atoms with Gasteiger partial charge in [0.25, 0.3) is 10.0 Å². The van der Waals surface area contributed by atoms with Crippen LogP contribution in [-0.2, 0) is 20.0 Å². The predicted octanol–water partition coefficient (Wildman–Crippen LogP) is 3.06. The molecule has 0 unspecified atom stereocenters. The van der Waals surface area contributed by atoms with E-state index >= 15 is 0 Å². The minimum absolute atomic E-state index is 0.00171. The monoisotopic (exact) mass is 540 g/mol. The summed E-state index contributed by atoms with van der Waals surface area (Å²) < 4.78 is 68.3. The number of benzene rings is 2. The Morgan fingerprint density at radius 1 is 1.03 bits per heavy atom. The van der Waals surface area contributed by atoms with Crippen molar-refractivity contribution in [1.82, 2.24) is 9.44 Å². The number of nitrogens with one attached hydrogen (secondary N) is 3. The van der Waals surface area contributed by atoms with E-state index in [1.54, 1.807) is 38.5 Å². The molecule has 2 amide bonds. The van der Waals surface area contributed by atoms with E-state index in [1.807, 2.05) is 4.72 Å². The van der Waals surface area contributed by atoms with Crippen LogP contribution in [0.3, 0.4) is 0 Å². The van der Waals surface area contributed by atoms with Crippen molar-refractivity contribution in [2.75, 3.05) is 12.4 Å². The molecule has 0 aliphatic rings. The molecule has 11 nitrogen and oxygen atoms in total. The number of hydrogen-bond acceptors (Lipinski definition) is 7. The van der Waals surface area contributed by atoms with Crippen LogP contribution < -0.4 is 14.8 Å². The Balaban J connectivity index is 2.55. The summed E-state index contributed by atoms with van der Waals surface area (Å²) in [4.78, 5) is 23.0. The molecule has 2 aromatic carbocycles. The van der Waals surface area contributed by atoms with E-state index in [0.717, 1.165) is 19.2 Å². The van der Waals surface area contributed by atoms with Gasteiger partial charge < -0.3 is 10.4 Å². The number of carboxylic acids is 1. The largest absolute Gasteiger partial charge is 0.478 e. The highest BCUT2D eigenvalue weighted by atomic mass is 32.2. The van der Waals surface area contributed by atoms with E-state index in [9.17, 15) is 41.2 Å². The highest BCUT2D eigenvalue weighted by molar-refractivity contribution is 7.90. The topological polar surface area (TPSA) is 183 Å². The highest BCUT2D eigenvalue weighted by Gasteiger charge is 2.29. The summed E-state index contributed by atoms with van der Waals surface area (Å²) in [6.07, 6.45) is 0. The lowest BCUT2D eigenvalue weighted by molar-refractivity contribution is 0.0692. The molecule has 0 radical (unpaired) electrons. The van der Waals surface area contributed by atoms with Crippen molar-refractivity contribution in [2.24, 2.45) is 0 Å². The second-order valence-electron chi connectivity index (χ2n) is 8.27. The second kappa shape index (κ2) is 10.6. The average Bonchev–Trinajstić information content (AvgIpc) is 2.77. The molecule has 0 atom stereocenters. The standard InChI is InChI=1S/C22H25FN4O7S2/c1-11(2)15-8-13(10-24)19(23)18(12(3)4)20(15)26-22(30)27-36(33,34)17-7-6-14(35(31,32)25-5)9-16(17)21(28)29/h6-9,11-12,25H,1-5H3,(H,28,29)(H2,26,27,30). The Kier molecular flexibility index (Phi) is 8.45. The lowest BCUT2D eigenvalue weighted by Crippen LogP contribution is -2.36. The van der Waals surface area contributed by atoms with Crippen LogP contribution in [0.1, 0.15) is 66.6 Å². The van der Waals surface area contributed by atoms with Crippen molar-refractivity contribution in [1.29, 1.82) is 5.26 Å². The zero-order chi connectivity index (χ0) is 27.6. The lowest BCUT2D eigenvalue weighted by atomic mass is 9.90. The summed E-state index contributed by atoms with van der Waals surface area (Å²) in [7, 11) is -7.81. The molecule has 0 heterocycles. The predicted molar refractivity (Wildman–Crippen MR) is 128 cm³/mol. The van der Waals surface area contributed by atoms with Crippen LogP contribution in [0.5, 0.6) is 0 Å². The van der Waals surface area contributed by atoms with Crippen molar-refractivity contribution in [3.63, 3.8) is 0 Å². The molecule has 0 bridgehead atoms. The zero-order valence-electron chi connectivity index (χ0n) is 20.0. The summed E-state index contributed by atoms with van der Waals surface area (Å²) in [5, 5.41) is 21.1. The molecule has 2 aromatic rings. The molecular weight excluding hydrogens is 515 g/mol. The molecule has 0 aliphatic carbocycles. The first-order valence-corrected chi connectivity index (χ1v) is 13.4. The van der Waals surface area contributed by atoms with E-state index in [2.05, 4.69) is 5.32 Å². The fraction of sp³-hybridized carbons (Fsp3) is 0.318. The van der Waals surface area contributed by atoms with Gasteiger partial charge in [0.1, 0.15) is 16.8 Å². The molecule has 194 valence electrons. The number of aromatic carboxylic acids is 1. The minimum Gasteiger partial charge on any atom is -0.478 e. The SMILES string of the molecule is CNS(=O)(=O)c1ccc(S(=O)(=O)NC(=O)Nc2c(C(C)C)cc(C#N)c(F)c2C(C)C)c(C(=O)O)c1. The van der Waals surface area contributed by atoms with Gasteiger partial charge >= 0.3 is 12.0 Å². The van der Waals surface area contributed by atoms with Crippen molar-refractivity contribution in [3.8, 4) is 6.07 Å². The maximum Gasteiger partial charge on any atom is 0.337 e. The van der Waals surface area contributed by atoms with Crippen LogP contribution in [0.15, 0.2) is 34.1 Å². The first-order chi connectivity index (χ1) is 16.6. The Morgan fingerprint density at radius 2 is 1.64 bits per heavy atom. The van der Waals surface area contributed by atoms with Crippen molar-refractivity contribution >= 4 is 37.7 Å². The Hall–Kier alpha value is -3.54. The molecule has 0 aliphatic heterocycles. The van der Waals surface area contributed by atoms with Gasteiger partial charge in [0.2, 0.25) is 10.0 Å². The number of rotatable bonds is 8. The highest BCUT2D eigenvalue weighted by Crippen LogP contribution is 2.36. The van der Waals surface area contributed by atoms with Crippen molar-refractivity contribution in [2.45, 2.75) is 49.3 Å². The van der Waals surface area contributed by atoms with E-state index in [1.165, 1.54) is 6.07 Å². The molecule has 0 aromatic heterocycles. The number of amides is 2. The summed E-state index contributed by atoms with van der Waals surface area (Å²) in [6.45, 7) is 6.73. The third kappa shape index (κ3) is 5.81. The van der Waals surface area contributed by atoms with Crippen LogP contribution in [0.25, 0.3) is 0 Å². The number of hydrogen-bond donors (Lipinski definition) is 4. The number of sulfonamides is 2. The Morgan fingerprint density at radius 3 is 2.11 bits per heavy atom. The minimum atomic E-state index is -4.82. The van der Waals surface area contributed by atoms with Gasteiger partial charge in [0.05, 0.1) is 21.7 Å². The molecule has 0 fully saturated rings. The summed E-state index contributed by atoms with van der Waals surface area (Å²) >= 11 is 0. The molecule has 0 saturated carbocycles. The third-order valence-corrected chi connectivity index (χ3v) is 7.97. The summed E-state index contributed by atoms with van der Waals surface area (Å²) in [5.74, 6) is -3.39. The average molecular weight is 541 g/mol. The Labute approximate surface area is 208 Å². The number of carbonyl (C=O) groups is 2.